The summed E-state index contributed by atoms with van der Waals surface area (Å²) in [6, 6.07) is 9.28. The molecule has 2 fully saturated rings. The molecule has 0 bridgehead atoms. The number of hydrogen-bond donors (Lipinski definition) is 0. The van der Waals surface area contributed by atoms with Crippen LogP contribution in [0.2, 0.25) is 0 Å². The minimum atomic E-state index is 0.0279. The summed E-state index contributed by atoms with van der Waals surface area (Å²) in [7, 11) is 0. The average Bonchev–Trinajstić information content (AvgIpc) is 3.18. The third-order valence-electron chi connectivity index (χ3n) is 4.88. The maximum absolute atomic E-state index is 12.6. The van der Waals surface area contributed by atoms with Crippen molar-refractivity contribution in [3.05, 3.63) is 54.6 Å². The highest BCUT2D eigenvalue weighted by Gasteiger charge is 2.45. The number of rotatable bonds is 3. The molecule has 1 saturated heterocycles. The van der Waals surface area contributed by atoms with Gasteiger partial charge in [0.15, 0.2) is 0 Å². The Balaban J connectivity index is 1.44. The number of fused-ring (bicyclic) bond motifs is 1. The van der Waals surface area contributed by atoms with E-state index in [4.69, 9.17) is 4.74 Å². The first-order chi connectivity index (χ1) is 11.3. The van der Waals surface area contributed by atoms with Gasteiger partial charge in [0.1, 0.15) is 17.5 Å². The number of pyridine rings is 2. The summed E-state index contributed by atoms with van der Waals surface area (Å²) in [6.07, 6.45) is 7.49. The topological polar surface area (TPSA) is 55.3 Å². The van der Waals surface area contributed by atoms with Gasteiger partial charge in [0.05, 0.1) is 6.20 Å². The Morgan fingerprint density at radius 2 is 2.09 bits per heavy atom. The van der Waals surface area contributed by atoms with Crippen LogP contribution in [0.25, 0.3) is 0 Å². The Bertz CT molecular complexity index is 677. The molecule has 5 heteroatoms. The molecule has 1 saturated carbocycles. The van der Waals surface area contributed by atoms with E-state index in [1.807, 2.05) is 29.2 Å². The Morgan fingerprint density at radius 3 is 2.87 bits per heavy atom. The fourth-order valence-electron chi connectivity index (χ4n) is 3.77. The van der Waals surface area contributed by atoms with Gasteiger partial charge in [-0.1, -0.05) is 6.07 Å². The molecule has 23 heavy (non-hydrogen) atoms. The molecule has 3 atom stereocenters. The Kier molecular flexibility index (Phi) is 3.69. The molecule has 2 aliphatic rings. The van der Waals surface area contributed by atoms with Gasteiger partial charge in [-0.05, 0) is 43.0 Å². The monoisotopic (exact) mass is 309 g/mol. The summed E-state index contributed by atoms with van der Waals surface area (Å²) >= 11 is 0. The van der Waals surface area contributed by atoms with E-state index in [-0.39, 0.29) is 12.0 Å². The van der Waals surface area contributed by atoms with E-state index in [2.05, 4.69) is 9.97 Å². The molecule has 1 aliphatic heterocycles. The second-order valence-corrected chi connectivity index (χ2v) is 6.27. The zero-order chi connectivity index (χ0) is 15.6. The van der Waals surface area contributed by atoms with Gasteiger partial charge >= 0.3 is 0 Å². The van der Waals surface area contributed by atoms with Crippen LogP contribution in [0.5, 0.6) is 5.75 Å². The van der Waals surface area contributed by atoms with E-state index in [0.29, 0.717) is 17.5 Å². The van der Waals surface area contributed by atoms with Crippen molar-refractivity contribution in [3.63, 3.8) is 0 Å². The second-order valence-electron chi connectivity index (χ2n) is 6.27. The fraction of sp³-hybridized carbons (Fsp3) is 0.389. The highest BCUT2D eigenvalue weighted by atomic mass is 16.5. The lowest BCUT2D eigenvalue weighted by molar-refractivity contribution is 0.0756. The van der Waals surface area contributed by atoms with Crippen LogP contribution in [0.1, 0.15) is 23.3 Å². The summed E-state index contributed by atoms with van der Waals surface area (Å²) in [5, 5.41) is 0. The van der Waals surface area contributed by atoms with Crippen molar-refractivity contribution in [3.8, 4) is 5.75 Å². The van der Waals surface area contributed by atoms with Gasteiger partial charge in [-0.3, -0.25) is 14.8 Å². The van der Waals surface area contributed by atoms with Gasteiger partial charge in [0.25, 0.3) is 5.91 Å². The SMILES string of the molecule is O=C(c1ccccn1)N1C[C@H]2CC[C@@H](Oc3cccnc3)[C@H]2C1. The third kappa shape index (κ3) is 2.79. The Morgan fingerprint density at radius 1 is 1.13 bits per heavy atom. The van der Waals surface area contributed by atoms with Crippen LogP contribution in [0.15, 0.2) is 48.9 Å². The molecule has 3 heterocycles. The number of aromatic nitrogens is 2. The van der Waals surface area contributed by atoms with Crippen LogP contribution >= 0.6 is 0 Å². The first-order valence-electron chi connectivity index (χ1n) is 8.08. The minimum Gasteiger partial charge on any atom is -0.488 e. The summed E-state index contributed by atoms with van der Waals surface area (Å²) in [5.41, 5.74) is 0.525. The van der Waals surface area contributed by atoms with Gasteiger partial charge in [0.2, 0.25) is 0 Å². The van der Waals surface area contributed by atoms with Crippen molar-refractivity contribution in [1.29, 1.82) is 0 Å². The lowest BCUT2D eigenvalue weighted by Gasteiger charge is -2.21. The average molecular weight is 309 g/mol. The van der Waals surface area contributed by atoms with Gasteiger partial charge in [-0.25, -0.2) is 0 Å². The molecule has 2 aromatic heterocycles. The molecule has 1 amide bonds. The summed E-state index contributed by atoms with van der Waals surface area (Å²) in [6.45, 7) is 1.57. The molecule has 2 aromatic rings. The maximum atomic E-state index is 12.6. The maximum Gasteiger partial charge on any atom is 0.272 e. The van der Waals surface area contributed by atoms with Gasteiger partial charge in [-0.2, -0.15) is 0 Å². The summed E-state index contributed by atoms with van der Waals surface area (Å²) in [5.74, 6) is 1.78. The second kappa shape index (κ2) is 5.99. The first-order valence-corrected chi connectivity index (χ1v) is 8.08. The normalized spacial score (nSPS) is 26.1. The van der Waals surface area contributed by atoms with Crippen LogP contribution in [-0.2, 0) is 0 Å². The van der Waals surface area contributed by atoms with Crippen molar-refractivity contribution in [2.75, 3.05) is 13.1 Å². The van der Waals surface area contributed by atoms with Crippen molar-refractivity contribution in [2.45, 2.75) is 18.9 Å². The molecule has 118 valence electrons. The van der Waals surface area contributed by atoms with E-state index in [1.165, 1.54) is 0 Å². The fourth-order valence-corrected chi connectivity index (χ4v) is 3.77. The van der Waals surface area contributed by atoms with E-state index in [1.54, 1.807) is 24.7 Å². The molecule has 0 unspecified atom stereocenters. The van der Waals surface area contributed by atoms with Crippen LogP contribution in [0, 0.1) is 11.8 Å². The highest BCUT2D eigenvalue weighted by Crippen LogP contribution is 2.40. The molecular formula is C18H19N3O2. The smallest absolute Gasteiger partial charge is 0.272 e. The van der Waals surface area contributed by atoms with Crippen LogP contribution in [0.4, 0.5) is 0 Å². The predicted octanol–water partition coefficient (Wildman–Crippen LogP) is 2.41. The molecule has 5 nitrogen and oxygen atoms in total. The number of hydrogen-bond acceptors (Lipinski definition) is 4. The Labute approximate surface area is 135 Å². The lowest BCUT2D eigenvalue weighted by Crippen LogP contribution is -2.32. The molecule has 0 N–H and O–H groups in total. The number of nitrogens with zero attached hydrogens (tertiary/aromatic N) is 3. The predicted molar refractivity (Wildman–Crippen MR) is 85.0 cm³/mol. The molecule has 4 rings (SSSR count). The van der Waals surface area contributed by atoms with Crippen molar-refractivity contribution in [1.82, 2.24) is 14.9 Å². The quantitative estimate of drug-likeness (QED) is 0.873. The number of carbonyl (C=O) groups is 1. The van der Waals surface area contributed by atoms with Crippen molar-refractivity contribution in [2.24, 2.45) is 11.8 Å². The van der Waals surface area contributed by atoms with E-state index < -0.39 is 0 Å². The number of ether oxygens (including phenoxy) is 1. The molecule has 1 aliphatic carbocycles. The number of amides is 1. The summed E-state index contributed by atoms with van der Waals surface area (Å²) in [4.78, 5) is 22.8. The van der Waals surface area contributed by atoms with Crippen LogP contribution in [0.3, 0.4) is 0 Å². The third-order valence-corrected chi connectivity index (χ3v) is 4.88. The first kappa shape index (κ1) is 14.2. The molecule has 0 spiro atoms. The zero-order valence-electron chi connectivity index (χ0n) is 12.8. The molecular weight excluding hydrogens is 290 g/mol. The standard InChI is InChI=1S/C18H19N3O2/c22-18(16-5-1-2-9-20-16)21-11-13-6-7-17(15(13)12-21)23-14-4-3-8-19-10-14/h1-5,8-10,13,15,17H,6-7,11-12H2/t13-,15+,17-/m1/s1. The Hall–Kier alpha value is -2.43. The summed E-state index contributed by atoms with van der Waals surface area (Å²) < 4.78 is 6.11. The van der Waals surface area contributed by atoms with Crippen molar-refractivity contribution >= 4 is 5.91 Å². The van der Waals surface area contributed by atoms with E-state index in [9.17, 15) is 4.79 Å². The lowest BCUT2D eigenvalue weighted by atomic mass is 9.99. The number of carbonyl (C=O) groups excluding carboxylic acids is 1. The van der Waals surface area contributed by atoms with Gasteiger partial charge in [-0.15, -0.1) is 0 Å². The van der Waals surface area contributed by atoms with Crippen LogP contribution in [-0.4, -0.2) is 40.0 Å². The number of likely N-dealkylation sites (tertiary alicyclic amines) is 1. The zero-order valence-corrected chi connectivity index (χ0v) is 12.8. The largest absolute Gasteiger partial charge is 0.488 e. The van der Waals surface area contributed by atoms with Gasteiger partial charge in [0, 0.05) is 31.4 Å². The van der Waals surface area contributed by atoms with Gasteiger partial charge < -0.3 is 9.64 Å². The van der Waals surface area contributed by atoms with Crippen LogP contribution < -0.4 is 4.74 Å². The van der Waals surface area contributed by atoms with E-state index >= 15 is 0 Å². The molecule has 0 aromatic carbocycles. The highest BCUT2D eigenvalue weighted by molar-refractivity contribution is 5.92. The van der Waals surface area contributed by atoms with Crippen molar-refractivity contribution < 1.29 is 9.53 Å². The minimum absolute atomic E-state index is 0.0279. The van der Waals surface area contributed by atoms with E-state index in [0.717, 1.165) is 31.7 Å². The molecule has 0 radical (unpaired) electrons.